The average molecular weight is 735 g/mol. The molecule has 6 rings (SSSR count). The molecular weight excluding hydrogens is 685 g/mol. The first-order valence-corrected chi connectivity index (χ1v) is 13.4. The summed E-state index contributed by atoms with van der Waals surface area (Å²) in [5.74, 6) is -0.603. The fourth-order valence-electron chi connectivity index (χ4n) is 4.08. The minimum Gasteiger partial charge on any atom is -0.304 e. The molecule has 0 unspecified atom stereocenters. The molecule has 1 radical (unpaired) electrons. The summed E-state index contributed by atoms with van der Waals surface area (Å²) in [6.07, 6.45) is 7.12. The van der Waals surface area contributed by atoms with E-state index in [1.54, 1.807) is 26.0 Å². The molecule has 0 aliphatic heterocycles. The molecule has 0 fully saturated rings. The number of aromatic nitrogens is 2. The second-order valence-electron chi connectivity index (χ2n) is 9.41. The smallest absolute Gasteiger partial charge is 0.0840 e. The van der Waals surface area contributed by atoms with Crippen LogP contribution in [0.4, 0.5) is 0 Å². The fraction of sp³-hybridized carbons (Fsp3) is 0.250. The van der Waals surface area contributed by atoms with Crippen LogP contribution in [0.15, 0.2) is 79.1 Å². The first-order valence-electron chi connectivity index (χ1n) is 18.6. The molecule has 5 aromatic rings. The van der Waals surface area contributed by atoms with Gasteiger partial charge >= 0.3 is 0 Å². The van der Waals surface area contributed by atoms with Crippen molar-refractivity contribution >= 4 is 33.6 Å². The molecule has 0 saturated heterocycles. The van der Waals surface area contributed by atoms with Crippen molar-refractivity contribution in [2.75, 3.05) is 0 Å². The van der Waals surface area contributed by atoms with Gasteiger partial charge in [0.2, 0.25) is 0 Å². The minimum absolute atomic E-state index is 0. The van der Waals surface area contributed by atoms with E-state index in [1.807, 2.05) is 24.8 Å². The van der Waals surface area contributed by atoms with Crippen LogP contribution < -0.4 is 9.75 Å². The van der Waals surface area contributed by atoms with Crippen LogP contribution >= 0.6 is 11.3 Å². The van der Waals surface area contributed by atoms with Gasteiger partial charge in [0, 0.05) is 48.9 Å². The molecular formula is C36H38IrN2S-2. The van der Waals surface area contributed by atoms with Crippen molar-refractivity contribution in [2.24, 2.45) is 0 Å². The Morgan fingerprint density at radius 3 is 2.62 bits per heavy atom. The van der Waals surface area contributed by atoms with Gasteiger partial charge in [-0.1, -0.05) is 75.9 Å². The van der Waals surface area contributed by atoms with Gasteiger partial charge in [-0.3, -0.25) is 4.98 Å². The summed E-state index contributed by atoms with van der Waals surface area (Å²) >= 11 is 1.38. The largest absolute Gasteiger partial charge is 0.304 e. The standard InChI is InChI=1S/C16H18N.C15H15S.C5H5N.Ir/c1-11(2)15-10-17-16(9-13(15)4)14-7-5-12(3)6-8-14;1-10(2)11-7-5-9-14-15(11)12-6-3-4-8-13(12)16-14;1-2-4-6-5-3-1;/h5-7,9-11H,1-4H3;4-10H,3H2,1-2H3;1-5H;/q2*-1;;/i3D3;5D,6D,7D,9D,10D;1D,2D,3D,4D;. The van der Waals surface area contributed by atoms with Gasteiger partial charge in [0.25, 0.3) is 0 Å². The van der Waals surface area contributed by atoms with Gasteiger partial charge in [-0.2, -0.15) is 0 Å². The number of fused-ring (bicyclic) bond motifs is 3. The fourth-order valence-corrected chi connectivity index (χ4v) is 5.15. The molecule has 209 valence electrons. The van der Waals surface area contributed by atoms with Gasteiger partial charge in [0.1, 0.15) is 0 Å². The van der Waals surface area contributed by atoms with E-state index in [1.165, 1.54) is 28.5 Å². The van der Waals surface area contributed by atoms with Crippen molar-refractivity contribution in [3.8, 4) is 11.3 Å². The molecule has 1 aliphatic carbocycles. The Kier molecular flexibility index (Phi) is 6.94. The van der Waals surface area contributed by atoms with Crippen LogP contribution in [0, 0.1) is 26.3 Å². The third kappa shape index (κ3) is 8.01. The molecule has 2 nitrogen and oxygen atoms in total. The number of pyridine rings is 2. The van der Waals surface area contributed by atoms with E-state index in [0.717, 1.165) is 27.2 Å². The molecule has 0 saturated carbocycles. The summed E-state index contributed by atoms with van der Waals surface area (Å²) in [6, 6.07) is 9.61. The molecule has 3 aromatic heterocycles. The average Bonchev–Trinajstić information content (AvgIpc) is 3.44. The zero-order valence-corrected chi connectivity index (χ0v) is 26.3. The Morgan fingerprint density at radius 2 is 1.95 bits per heavy atom. The maximum atomic E-state index is 8.34. The van der Waals surface area contributed by atoms with Gasteiger partial charge in [-0.05, 0) is 59.1 Å². The molecule has 0 spiro atoms. The summed E-state index contributed by atoms with van der Waals surface area (Å²) < 4.78 is 92.4. The molecule has 1 aliphatic rings. The van der Waals surface area contributed by atoms with E-state index in [4.69, 9.17) is 16.4 Å². The van der Waals surface area contributed by atoms with Crippen LogP contribution in [0.25, 0.3) is 33.5 Å². The van der Waals surface area contributed by atoms with Gasteiger partial charge in [0.15, 0.2) is 0 Å². The molecule has 2 aromatic carbocycles. The SMILES string of the molecule is [2H]C([2H])([2H])c1c[c-]c(-c2cc(C)c(C(C)C)cn2)cc1.[2H]C1=c2c(sc3c([2H])c([2H])c([2H])c(C([2H])(C)C)c23)=C[CH-]C1.[2H]c1cnc([2H])c([2H])c1[2H].[Ir]. The summed E-state index contributed by atoms with van der Waals surface area (Å²) in [6.45, 7) is 7.64. The normalized spacial score (nSPS) is 16.6. The van der Waals surface area contributed by atoms with E-state index >= 15 is 0 Å². The van der Waals surface area contributed by atoms with Crippen molar-refractivity contribution in [1.29, 1.82) is 0 Å². The number of aryl methyl sites for hydroxylation is 2. The Balaban J connectivity index is 0.000000221. The first-order chi connectivity index (χ1) is 23.6. The zero-order valence-electron chi connectivity index (χ0n) is 35.0. The van der Waals surface area contributed by atoms with Crippen molar-refractivity contribution in [3.63, 3.8) is 0 Å². The number of hydrogen-bond acceptors (Lipinski definition) is 3. The molecule has 4 heteroatoms. The van der Waals surface area contributed by atoms with Gasteiger partial charge < -0.3 is 4.98 Å². The van der Waals surface area contributed by atoms with Crippen LogP contribution in [0.5, 0.6) is 0 Å². The van der Waals surface area contributed by atoms with Gasteiger partial charge in [0.05, 0.1) is 11.0 Å². The van der Waals surface area contributed by atoms with Gasteiger partial charge in [-0.15, -0.1) is 46.0 Å². The number of hydrogen-bond donors (Lipinski definition) is 0. The predicted octanol–water partition coefficient (Wildman–Crippen LogP) is 8.56. The van der Waals surface area contributed by atoms with E-state index in [2.05, 4.69) is 36.8 Å². The van der Waals surface area contributed by atoms with Crippen molar-refractivity contribution in [2.45, 2.75) is 59.7 Å². The van der Waals surface area contributed by atoms with E-state index < -0.39 is 12.7 Å². The Labute approximate surface area is 274 Å². The molecule has 40 heavy (non-hydrogen) atoms. The van der Waals surface area contributed by atoms with Gasteiger partial charge in [-0.25, -0.2) is 23.8 Å². The number of nitrogens with zero attached hydrogens (tertiary/aromatic N) is 2. The second kappa shape index (κ2) is 15.1. The quantitative estimate of drug-likeness (QED) is 0.174. The minimum atomic E-state index is -2.08. The number of thiophene rings is 1. The molecule has 3 heterocycles. The third-order valence-electron chi connectivity index (χ3n) is 5.96. The van der Waals surface area contributed by atoms with Crippen LogP contribution in [0.3, 0.4) is 0 Å². The van der Waals surface area contributed by atoms with Crippen LogP contribution in [0.2, 0.25) is 0 Å². The third-order valence-corrected chi connectivity index (χ3v) is 7.03. The predicted molar refractivity (Wildman–Crippen MR) is 169 cm³/mol. The Bertz CT molecular complexity index is 2180. The Hall–Kier alpha value is -3.04. The summed E-state index contributed by atoms with van der Waals surface area (Å²) in [5, 5.41) is 1.41. The summed E-state index contributed by atoms with van der Waals surface area (Å²) in [5.41, 5.74) is 4.82. The van der Waals surface area contributed by atoms with E-state index in [9.17, 15) is 0 Å². The van der Waals surface area contributed by atoms with Crippen LogP contribution in [0.1, 0.15) is 84.6 Å². The maximum Gasteiger partial charge on any atom is 0.0840 e. The monoisotopic (exact) mass is 735 g/mol. The van der Waals surface area contributed by atoms with Crippen LogP contribution in [-0.4, -0.2) is 9.97 Å². The second-order valence-corrected chi connectivity index (χ2v) is 10.5. The van der Waals surface area contributed by atoms with E-state index in [0.29, 0.717) is 39.6 Å². The van der Waals surface area contributed by atoms with Crippen molar-refractivity contribution in [3.05, 3.63) is 124 Å². The molecule has 0 bridgehead atoms. The molecule has 0 amide bonds. The molecule has 0 atom stereocenters. The van der Waals surface area contributed by atoms with Crippen molar-refractivity contribution < 1.29 is 36.6 Å². The van der Waals surface area contributed by atoms with Crippen LogP contribution in [-0.2, 0) is 20.1 Å². The van der Waals surface area contributed by atoms with Crippen molar-refractivity contribution in [1.82, 2.24) is 9.97 Å². The topological polar surface area (TPSA) is 25.8 Å². The van der Waals surface area contributed by atoms with E-state index in [-0.39, 0.29) is 62.5 Å². The summed E-state index contributed by atoms with van der Waals surface area (Å²) in [7, 11) is 0. The Morgan fingerprint density at radius 1 is 1.10 bits per heavy atom. The first kappa shape index (κ1) is 18.4. The zero-order chi connectivity index (χ0) is 38.2. The number of benzene rings is 2. The maximum absolute atomic E-state index is 8.34. The molecule has 0 N–H and O–H groups in total. The number of rotatable bonds is 3. The summed E-state index contributed by atoms with van der Waals surface area (Å²) in [4.78, 5) is 7.86.